The van der Waals surface area contributed by atoms with E-state index in [2.05, 4.69) is 77.8 Å². The van der Waals surface area contributed by atoms with E-state index in [0.717, 1.165) is 17.3 Å². The van der Waals surface area contributed by atoms with Gasteiger partial charge in [-0.25, -0.2) is 0 Å². The van der Waals surface area contributed by atoms with Crippen LogP contribution in [0.3, 0.4) is 0 Å². The molecule has 0 saturated heterocycles. The first kappa shape index (κ1) is 12.4. The fourth-order valence-electron chi connectivity index (χ4n) is 1.80. The summed E-state index contributed by atoms with van der Waals surface area (Å²) in [5, 5.41) is 0. The Kier molecular flexibility index (Phi) is 4.38. The van der Waals surface area contributed by atoms with Crippen LogP contribution in [-0.4, -0.2) is 0 Å². The van der Waals surface area contributed by atoms with Crippen molar-refractivity contribution in [1.29, 1.82) is 0 Å². The molecular weight excluding hydrogens is 272 g/mol. The Bertz CT molecular complexity index is 471. The number of hydrogen-bond donors (Lipinski definition) is 0. The van der Waals surface area contributed by atoms with Crippen molar-refractivity contribution in [1.82, 2.24) is 0 Å². The summed E-state index contributed by atoms with van der Waals surface area (Å²) < 4.78 is 1.16. The quantitative estimate of drug-likeness (QED) is 0.747. The lowest BCUT2D eigenvalue weighted by Gasteiger charge is -2.03. The third kappa shape index (κ3) is 4.01. The topological polar surface area (TPSA) is 0 Å². The highest BCUT2D eigenvalue weighted by Gasteiger charge is 1.97. The summed E-state index contributed by atoms with van der Waals surface area (Å²) in [6.45, 7) is 2.12. The van der Waals surface area contributed by atoms with Gasteiger partial charge in [0.25, 0.3) is 0 Å². The van der Waals surface area contributed by atoms with Gasteiger partial charge in [-0.15, -0.1) is 0 Å². The van der Waals surface area contributed by atoms with Gasteiger partial charge in [-0.2, -0.15) is 0 Å². The molecule has 0 fully saturated rings. The molecule has 0 aromatic heterocycles. The molecule has 0 aliphatic carbocycles. The van der Waals surface area contributed by atoms with Crippen molar-refractivity contribution in [3.05, 3.63) is 76.1 Å². The molecule has 0 nitrogen and oxygen atoms in total. The van der Waals surface area contributed by atoms with Crippen molar-refractivity contribution >= 4 is 15.9 Å². The zero-order valence-electron chi connectivity index (χ0n) is 9.99. The molecule has 0 bridgehead atoms. The first-order valence-electron chi connectivity index (χ1n) is 5.88. The Balaban J connectivity index is 1.85. The molecular formula is C16H16Br. The molecule has 17 heavy (non-hydrogen) atoms. The van der Waals surface area contributed by atoms with Gasteiger partial charge < -0.3 is 0 Å². The number of hydrogen-bond acceptors (Lipinski definition) is 0. The minimum Gasteiger partial charge on any atom is -0.0609 e. The molecule has 0 heterocycles. The maximum Gasteiger partial charge on any atom is 0.0177 e. The van der Waals surface area contributed by atoms with Crippen molar-refractivity contribution < 1.29 is 0 Å². The molecule has 0 unspecified atom stereocenters. The van der Waals surface area contributed by atoms with Crippen LogP contribution in [0.25, 0.3) is 0 Å². The summed E-state index contributed by atoms with van der Waals surface area (Å²) in [7, 11) is 0. The van der Waals surface area contributed by atoms with Crippen LogP contribution in [0.15, 0.2) is 53.0 Å². The van der Waals surface area contributed by atoms with Gasteiger partial charge in [-0.3, -0.25) is 0 Å². The average molecular weight is 288 g/mol. The maximum atomic E-state index is 3.50. The van der Waals surface area contributed by atoms with E-state index in [1.165, 1.54) is 16.7 Å². The highest BCUT2D eigenvalue weighted by molar-refractivity contribution is 9.10. The van der Waals surface area contributed by atoms with Gasteiger partial charge in [-0.05, 0) is 49.4 Å². The lowest BCUT2D eigenvalue weighted by Crippen LogP contribution is -1.88. The second kappa shape index (κ2) is 6.02. The van der Waals surface area contributed by atoms with Crippen LogP contribution in [0.5, 0.6) is 0 Å². The van der Waals surface area contributed by atoms with E-state index >= 15 is 0 Å². The molecule has 2 aromatic rings. The van der Waals surface area contributed by atoms with E-state index in [9.17, 15) is 0 Å². The van der Waals surface area contributed by atoms with E-state index < -0.39 is 0 Å². The average Bonchev–Trinajstić information content (AvgIpc) is 2.32. The van der Waals surface area contributed by atoms with Gasteiger partial charge in [0.1, 0.15) is 0 Å². The molecule has 2 rings (SSSR count). The predicted octanol–water partition coefficient (Wildman–Crippen LogP) is 4.94. The summed E-state index contributed by atoms with van der Waals surface area (Å²) in [4.78, 5) is 0. The predicted molar refractivity (Wildman–Crippen MR) is 77.0 cm³/mol. The first-order valence-corrected chi connectivity index (χ1v) is 6.68. The second-order valence-corrected chi connectivity index (χ2v) is 5.20. The molecule has 0 spiro atoms. The zero-order valence-corrected chi connectivity index (χ0v) is 11.6. The SMILES string of the molecule is Cc1ccc([CH]CCc2cccc(Br)c2)cc1. The van der Waals surface area contributed by atoms with E-state index in [-0.39, 0.29) is 0 Å². The second-order valence-electron chi connectivity index (χ2n) is 4.28. The van der Waals surface area contributed by atoms with Crippen LogP contribution in [-0.2, 0) is 6.42 Å². The minimum atomic E-state index is 1.08. The van der Waals surface area contributed by atoms with Crippen LogP contribution >= 0.6 is 15.9 Å². The van der Waals surface area contributed by atoms with Crippen molar-refractivity contribution in [2.75, 3.05) is 0 Å². The standard InChI is InChI=1S/C16H16Br/c1-13-8-10-14(11-9-13)4-2-5-15-6-3-7-16(17)12-15/h3-4,6-12H,2,5H2,1H3. The summed E-state index contributed by atoms with van der Waals surface area (Å²) in [5.74, 6) is 0. The number of halogens is 1. The maximum absolute atomic E-state index is 3.50. The van der Waals surface area contributed by atoms with Gasteiger partial charge in [-0.1, -0.05) is 57.9 Å². The lowest BCUT2D eigenvalue weighted by atomic mass is 10.0. The van der Waals surface area contributed by atoms with Crippen LogP contribution in [0.2, 0.25) is 0 Å². The fraction of sp³-hybridized carbons (Fsp3) is 0.188. The largest absolute Gasteiger partial charge is 0.0609 e. The van der Waals surface area contributed by atoms with Gasteiger partial charge in [0, 0.05) is 4.47 Å². The molecule has 0 amide bonds. The summed E-state index contributed by atoms with van der Waals surface area (Å²) in [5.41, 5.74) is 4.00. The molecule has 1 heteroatoms. The highest BCUT2D eigenvalue weighted by Crippen LogP contribution is 2.15. The summed E-state index contributed by atoms with van der Waals surface area (Å²) in [6.07, 6.45) is 4.47. The van der Waals surface area contributed by atoms with Gasteiger partial charge >= 0.3 is 0 Å². The number of benzene rings is 2. The van der Waals surface area contributed by atoms with Gasteiger partial charge in [0.15, 0.2) is 0 Å². The lowest BCUT2D eigenvalue weighted by molar-refractivity contribution is 0.950. The zero-order chi connectivity index (χ0) is 12.1. The van der Waals surface area contributed by atoms with Crippen molar-refractivity contribution in [2.45, 2.75) is 19.8 Å². The van der Waals surface area contributed by atoms with Crippen molar-refractivity contribution in [2.24, 2.45) is 0 Å². The highest BCUT2D eigenvalue weighted by atomic mass is 79.9. The van der Waals surface area contributed by atoms with Crippen molar-refractivity contribution in [3.63, 3.8) is 0 Å². The van der Waals surface area contributed by atoms with E-state index in [0.29, 0.717) is 0 Å². The number of rotatable bonds is 4. The van der Waals surface area contributed by atoms with Crippen LogP contribution < -0.4 is 0 Å². The molecule has 0 aliphatic rings. The molecule has 0 saturated carbocycles. The van der Waals surface area contributed by atoms with Gasteiger partial charge in [0.05, 0.1) is 0 Å². The summed E-state index contributed by atoms with van der Waals surface area (Å²) >= 11 is 3.50. The van der Waals surface area contributed by atoms with E-state index in [1.807, 2.05) is 0 Å². The van der Waals surface area contributed by atoms with E-state index in [1.54, 1.807) is 0 Å². The van der Waals surface area contributed by atoms with Crippen LogP contribution in [0.1, 0.15) is 23.1 Å². The smallest absolute Gasteiger partial charge is 0.0177 e. The Labute approximate surface area is 112 Å². The minimum absolute atomic E-state index is 1.08. The van der Waals surface area contributed by atoms with Crippen LogP contribution in [0, 0.1) is 13.3 Å². The van der Waals surface area contributed by atoms with Crippen LogP contribution in [0.4, 0.5) is 0 Å². The molecule has 87 valence electrons. The Morgan fingerprint density at radius 3 is 2.53 bits per heavy atom. The number of aryl methyl sites for hydroxylation is 2. The molecule has 0 atom stereocenters. The third-order valence-corrected chi connectivity index (χ3v) is 3.27. The molecule has 0 N–H and O–H groups in total. The van der Waals surface area contributed by atoms with Gasteiger partial charge in [0.2, 0.25) is 0 Å². The molecule has 2 aromatic carbocycles. The van der Waals surface area contributed by atoms with E-state index in [4.69, 9.17) is 0 Å². The monoisotopic (exact) mass is 287 g/mol. The third-order valence-electron chi connectivity index (χ3n) is 2.78. The first-order chi connectivity index (χ1) is 8.24. The summed E-state index contributed by atoms with van der Waals surface area (Å²) in [6, 6.07) is 17.2. The fourth-order valence-corrected chi connectivity index (χ4v) is 2.25. The Morgan fingerprint density at radius 1 is 1.06 bits per heavy atom. The normalized spacial score (nSPS) is 10.5. The molecule has 1 radical (unpaired) electrons. The Hall–Kier alpha value is -1.08. The van der Waals surface area contributed by atoms with Crippen molar-refractivity contribution in [3.8, 4) is 0 Å². The Morgan fingerprint density at radius 2 is 1.82 bits per heavy atom. The molecule has 0 aliphatic heterocycles.